The second kappa shape index (κ2) is 6.28. The van der Waals surface area contributed by atoms with Crippen molar-refractivity contribution in [3.63, 3.8) is 0 Å². The molecule has 0 saturated heterocycles. The monoisotopic (exact) mass is 270 g/mol. The first-order valence-electron chi connectivity index (χ1n) is 7.64. The van der Waals surface area contributed by atoms with E-state index in [2.05, 4.69) is 11.4 Å². The highest BCUT2D eigenvalue weighted by atomic mass is 16.5. The molecule has 1 aromatic carbocycles. The summed E-state index contributed by atoms with van der Waals surface area (Å²) in [5, 5.41) is 12.1. The number of hydrogen-bond acceptors (Lipinski definition) is 3. The summed E-state index contributed by atoms with van der Waals surface area (Å²) >= 11 is 0. The van der Waals surface area contributed by atoms with E-state index in [1.165, 1.54) is 31.2 Å². The Morgan fingerprint density at radius 1 is 1.30 bits per heavy atom. The van der Waals surface area contributed by atoms with Gasteiger partial charge in [-0.25, -0.2) is 0 Å². The first-order chi connectivity index (χ1) is 9.85. The number of rotatable bonds is 6. The van der Waals surface area contributed by atoms with Crippen LogP contribution in [0.5, 0.6) is 5.75 Å². The molecular formula is C17H22N2O. The van der Waals surface area contributed by atoms with Crippen molar-refractivity contribution < 1.29 is 4.74 Å². The molecule has 3 atom stereocenters. The fourth-order valence-electron chi connectivity index (χ4n) is 3.89. The summed E-state index contributed by atoms with van der Waals surface area (Å²) in [6.45, 7) is 2.14. The largest absolute Gasteiger partial charge is 0.479 e. The van der Waals surface area contributed by atoms with Crippen LogP contribution in [0.4, 0.5) is 0 Å². The Hall–Kier alpha value is -1.53. The smallest absolute Gasteiger partial charge is 0.174 e. The van der Waals surface area contributed by atoms with Crippen LogP contribution in [0.1, 0.15) is 31.2 Å². The minimum atomic E-state index is 0.113. The van der Waals surface area contributed by atoms with Gasteiger partial charge in [0.15, 0.2) is 6.61 Å². The van der Waals surface area contributed by atoms with Gasteiger partial charge in [-0.15, -0.1) is 0 Å². The van der Waals surface area contributed by atoms with Crippen molar-refractivity contribution in [2.24, 2.45) is 17.8 Å². The zero-order valence-corrected chi connectivity index (χ0v) is 11.8. The van der Waals surface area contributed by atoms with Gasteiger partial charge in [0, 0.05) is 6.54 Å². The van der Waals surface area contributed by atoms with Crippen LogP contribution in [0.2, 0.25) is 0 Å². The molecule has 2 bridgehead atoms. The van der Waals surface area contributed by atoms with Gasteiger partial charge in [0.2, 0.25) is 0 Å². The maximum atomic E-state index is 8.52. The summed E-state index contributed by atoms with van der Waals surface area (Å²) in [5.74, 6) is 3.69. The minimum absolute atomic E-state index is 0.113. The van der Waals surface area contributed by atoms with Gasteiger partial charge in [0.25, 0.3) is 0 Å². The number of fused-ring (bicyclic) bond motifs is 2. The average Bonchev–Trinajstić information content (AvgIpc) is 3.08. The Morgan fingerprint density at radius 2 is 2.25 bits per heavy atom. The van der Waals surface area contributed by atoms with E-state index in [9.17, 15) is 0 Å². The molecule has 20 heavy (non-hydrogen) atoms. The molecule has 2 aliphatic carbocycles. The number of nitriles is 1. The van der Waals surface area contributed by atoms with Crippen molar-refractivity contribution in [1.82, 2.24) is 5.32 Å². The van der Waals surface area contributed by atoms with Gasteiger partial charge in [-0.2, -0.15) is 5.26 Å². The van der Waals surface area contributed by atoms with Gasteiger partial charge in [-0.3, -0.25) is 0 Å². The second-order valence-electron chi connectivity index (χ2n) is 6.16. The molecule has 0 aliphatic heterocycles. The topological polar surface area (TPSA) is 45.0 Å². The van der Waals surface area contributed by atoms with Crippen LogP contribution in [-0.4, -0.2) is 13.2 Å². The number of nitrogens with one attached hydrogen (secondary N) is 1. The quantitative estimate of drug-likeness (QED) is 0.864. The molecule has 0 radical (unpaired) electrons. The molecule has 3 heteroatoms. The summed E-state index contributed by atoms with van der Waals surface area (Å²) in [6.07, 6.45) is 5.83. The number of nitrogens with zero attached hydrogens (tertiary/aromatic N) is 1. The van der Waals surface area contributed by atoms with Crippen molar-refractivity contribution in [3.8, 4) is 11.8 Å². The van der Waals surface area contributed by atoms with Gasteiger partial charge in [-0.05, 0) is 61.3 Å². The third kappa shape index (κ3) is 3.13. The van der Waals surface area contributed by atoms with Crippen LogP contribution in [0.3, 0.4) is 0 Å². The zero-order valence-electron chi connectivity index (χ0n) is 11.8. The van der Waals surface area contributed by atoms with Crippen molar-refractivity contribution in [3.05, 3.63) is 29.8 Å². The summed E-state index contributed by atoms with van der Waals surface area (Å²) < 4.78 is 5.33. The first-order valence-corrected chi connectivity index (χ1v) is 7.64. The Labute approximate surface area is 120 Å². The Morgan fingerprint density at radius 3 is 3.00 bits per heavy atom. The molecule has 0 heterocycles. The van der Waals surface area contributed by atoms with Gasteiger partial charge in [0.05, 0.1) is 0 Å². The third-order valence-corrected chi connectivity index (χ3v) is 4.82. The molecule has 3 nitrogen and oxygen atoms in total. The molecule has 1 N–H and O–H groups in total. The molecule has 2 saturated carbocycles. The molecule has 2 fully saturated rings. The van der Waals surface area contributed by atoms with E-state index in [1.807, 2.05) is 24.3 Å². The Bertz CT molecular complexity index is 494. The second-order valence-corrected chi connectivity index (χ2v) is 6.16. The predicted octanol–water partition coefficient (Wildman–Crippen LogP) is 3.11. The van der Waals surface area contributed by atoms with E-state index in [0.29, 0.717) is 0 Å². The molecule has 0 spiro atoms. The summed E-state index contributed by atoms with van der Waals surface area (Å²) in [6, 6.07) is 10.0. The fourth-order valence-corrected chi connectivity index (χ4v) is 3.89. The fraction of sp³-hybridized carbons (Fsp3) is 0.588. The van der Waals surface area contributed by atoms with Gasteiger partial charge >= 0.3 is 0 Å². The molecular weight excluding hydrogens is 248 g/mol. The highest BCUT2D eigenvalue weighted by molar-refractivity contribution is 5.28. The van der Waals surface area contributed by atoms with Crippen molar-refractivity contribution in [2.45, 2.75) is 32.2 Å². The molecule has 106 valence electrons. The summed E-state index contributed by atoms with van der Waals surface area (Å²) in [4.78, 5) is 0. The van der Waals surface area contributed by atoms with Crippen LogP contribution in [0.15, 0.2) is 24.3 Å². The lowest BCUT2D eigenvalue weighted by atomic mass is 9.89. The Balaban J connectivity index is 1.45. The first kappa shape index (κ1) is 13.5. The van der Waals surface area contributed by atoms with Gasteiger partial charge < -0.3 is 10.1 Å². The number of benzene rings is 1. The van der Waals surface area contributed by atoms with Crippen molar-refractivity contribution in [2.75, 3.05) is 13.2 Å². The molecule has 1 aromatic rings. The lowest BCUT2D eigenvalue weighted by molar-refractivity contribution is 0.318. The Kier molecular flexibility index (Phi) is 4.22. The highest BCUT2D eigenvalue weighted by Gasteiger charge is 2.38. The van der Waals surface area contributed by atoms with Crippen molar-refractivity contribution in [1.29, 1.82) is 5.26 Å². The molecule has 3 unspecified atom stereocenters. The van der Waals surface area contributed by atoms with Gasteiger partial charge in [0.1, 0.15) is 11.8 Å². The van der Waals surface area contributed by atoms with E-state index in [4.69, 9.17) is 10.00 Å². The van der Waals surface area contributed by atoms with E-state index < -0.39 is 0 Å². The van der Waals surface area contributed by atoms with E-state index in [-0.39, 0.29) is 6.61 Å². The van der Waals surface area contributed by atoms with Crippen LogP contribution in [0.25, 0.3) is 0 Å². The third-order valence-electron chi connectivity index (χ3n) is 4.82. The average molecular weight is 270 g/mol. The van der Waals surface area contributed by atoms with Crippen LogP contribution >= 0.6 is 0 Å². The highest BCUT2D eigenvalue weighted by Crippen LogP contribution is 2.47. The maximum Gasteiger partial charge on any atom is 0.174 e. The van der Waals surface area contributed by atoms with Crippen LogP contribution in [0, 0.1) is 29.1 Å². The predicted molar refractivity (Wildman–Crippen MR) is 78.2 cm³/mol. The van der Waals surface area contributed by atoms with E-state index in [0.717, 1.165) is 36.6 Å². The van der Waals surface area contributed by atoms with Crippen molar-refractivity contribution >= 4 is 0 Å². The van der Waals surface area contributed by atoms with E-state index in [1.54, 1.807) is 0 Å². The number of hydrogen-bond donors (Lipinski definition) is 1. The minimum Gasteiger partial charge on any atom is -0.479 e. The molecule has 0 amide bonds. The van der Waals surface area contributed by atoms with Crippen LogP contribution in [-0.2, 0) is 6.54 Å². The normalized spacial score (nSPS) is 27.4. The number of ether oxygens (including phenoxy) is 1. The van der Waals surface area contributed by atoms with Crippen LogP contribution < -0.4 is 10.1 Å². The summed E-state index contributed by atoms with van der Waals surface area (Å²) in [5.41, 5.74) is 1.23. The zero-order chi connectivity index (χ0) is 13.8. The summed E-state index contributed by atoms with van der Waals surface area (Å²) in [7, 11) is 0. The lowest BCUT2D eigenvalue weighted by Crippen LogP contribution is -2.26. The maximum absolute atomic E-state index is 8.52. The standard InChI is InChI=1S/C17H22N2O/c18-6-7-20-17-3-1-2-14(10-17)11-19-12-16-9-13-4-5-15(16)8-13/h1-3,10,13,15-16,19H,4-5,7-9,11-12H2. The SMILES string of the molecule is N#CCOc1cccc(CNCC2CC3CCC2C3)c1. The molecule has 3 rings (SSSR count). The van der Waals surface area contributed by atoms with E-state index >= 15 is 0 Å². The molecule has 2 aliphatic rings. The lowest BCUT2D eigenvalue weighted by Gasteiger charge is -2.22. The van der Waals surface area contributed by atoms with Gasteiger partial charge in [-0.1, -0.05) is 18.6 Å². The molecule has 0 aromatic heterocycles.